The molecule has 18 nitrogen and oxygen atoms in total. The highest BCUT2D eigenvalue weighted by Gasteiger charge is 2.79. The quantitative estimate of drug-likeness (QED) is 0.141. The molecule has 130 heavy (non-hydrogen) atoms. The molecule has 15 aliphatic rings. The van der Waals surface area contributed by atoms with E-state index >= 15 is 0 Å². The van der Waals surface area contributed by atoms with Gasteiger partial charge in [0.05, 0.1) is 132 Å². The summed E-state index contributed by atoms with van der Waals surface area (Å²) in [6.45, 7) is 0. The van der Waals surface area contributed by atoms with Crippen molar-refractivity contribution in [2.75, 3.05) is 0 Å². The van der Waals surface area contributed by atoms with E-state index in [-0.39, 0.29) is 0 Å². The molecule has 0 aliphatic carbocycles. The fourth-order valence-electron chi connectivity index (χ4n) is 31.2. The van der Waals surface area contributed by atoms with Crippen LogP contribution < -0.4 is 36.5 Å². The van der Waals surface area contributed by atoms with Gasteiger partial charge < -0.3 is 0 Å². The molecule has 8 aromatic carbocycles. The highest BCUT2D eigenvalue weighted by Crippen LogP contribution is 2.62. The van der Waals surface area contributed by atoms with Crippen LogP contribution in [0.25, 0.3) is 265 Å². The van der Waals surface area contributed by atoms with E-state index in [1.54, 1.807) is 0 Å². The average molecular weight is 1650 g/mol. The van der Waals surface area contributed by atoms with Gasteiger partial charge >= 0.3 is 23.6 Å². The Morgan fingerprint density at radius 2 is 0.423 bits per heavy atom. The van der Waals surface area contributed by atoms with Gasteiger partial charge in [-0.25, -0.2) is 36.5 Å². The van der Waals surface area contributed by atoms with E-state index in [2.05, 4.69) is 353 Å². The van der Waals surface area contributed by atoms with E-state index in [4.69, 9.17) is 9.97 Å². The molecule has 0 bridgehead atoms. The summed E-state index contributed by atoms with van der Waals surface area (Å²) in [6.07, 6.45) is 16.4. The molecule has 0 N–H and O–H groups in total. The van der Waals surface area contributed by atoms with Crippen molar-refractivity contribution in [1.82, 2.24) is 46.5 Å². The predicted octanol–water partition coefficient (Wildman–Crippen LogP) is 16.4. The van der Waals surface area contributed by atoms with E-state index in [9.17, 15) is 0 Å². The normalized spacial score (nSPS) is 19.7. The molecule has 586 valence electrons. The first-order chi connectivity index (χ1) is 64.4. The summed E-state index contributed by atoms with van der Waals surface area (Å²) < 4.78 is 44.6. The zero-order valence-corrected chi connectivity index (χ0v) is 68.6. The SMILES string of the molecule is c1cc2c3c(c1)cc1n3C3(n4c(cc5cccc(c54)-c4c5cc6[n+]7c(c5cc[n+]43)-c3cccc4cc5n(c34)C73n4c(cc7cccc(c74)-c4c7cc8[n+]9c(c7cc-6[n+]43)-c3cccc4cc6n(c34)C93n4c(cc7cccc(c74)-c4c7ccncc7cc-8[n+]43)C6)C5)C1)[n+]1ccc3c4[n+]5c(cc3c1-2)-c1cc2cnccc2c2[n+]1C51n3c(cc5cccc-2c53)Cc2cc3cccc-4c3n21. The van der Waals surface area contributed by atoms with E-state index in [0.717, 1.165) is 42.1 Å². The molecule has 0 radical (unpaired) electrons. The molecule has 18 heteroatoms. The van der Waals surface area contributed by atoms with Crippen molar-refractivity contribution in [3.63, 3.8) is 0 Å². The van der Waals surface area contributed by atoms with Crippen molar-refractivity contribution in [3.8, 4) is 124 Å². The van der Waals surface area contributed by atoms with Crippen LogP contribution in [0.4, 0.5) is 0 Å². The van der Waals surface area contributed by atoms with Crippen molar-refractivity contribution >= 4 is 141 Å². The van der Waals surface area contributed by atoms with Gasteiger partial charge in [-0.3, -0.25) is 9.97 Å². The van der Waals surface area contributed by atoms with Crippen LogP contribution in [0, 0.1) is 0 Å². The van der Waals surface area contributed by atoms with Crippen molar-refractivity contribution in [1.29, 1.82) is 0 Å². The number of benzene rings is 8. The summed E-state index contributed by atoms with van der Waals surface area (Å²) in [5, 5.41) is 21.9. The first-order valence-electron chi connectivity index (χ1n) is 45.8. The number of pyridine rings is 10. The summed E-state index contributed by atoms with van der Waals surface area (Å²) in [6, 6.07) is 102. The number of nitrogens with zero attached hydrogens (tertiary/aromatic N) is 18. The molecule has 18 aromatic heterocycles. The number of aromatic nitrogens is 18. The lowest BCUT2D eigenvalue weighted by Crippen LogP contribution is -2.84. The molecular weight excluding hydrogens is 1600 g/mol. The average Bonchev–Trinajstić information content (AvgIpc) is 1.43. The molecule has 4 spiro atoms. The number of hydrogen-bond donors (Lipinski definition) is 0. The molecule has 4 unspecified atom stereocenters. The standard InChI is InChI=1S/C112H56N18/c1-9-53-33-63-43-64-34-54-10-2-18-76-94(54)118(64)109(115-31-27-73-83(101(115)75(17-1)93(53)117(63)109)47-89-87-41-61-51-113-29-25-71(61)103-77-19-3-11-55-35-65-44-67-37-57-13-5-21-79-97(57)121(67)110(125(87)103,119(65)95(55)77)127(89)105(73)79)116-32-28-74-84(102(76)116)48-91-92-50-86-85(108-82-24-8-16-60-40-70-46-68-38-58-14-6-22-80-98(58)122(68)112(130(92)108,124(70)100(60)82)128(91)106(74)80)49-90-88-42-62-52-114-30-26-72(62)104-78-20-4-12-56-36-66-45-69-39-59-15-7-23-81-99(59)123(69)111(126(88)104,120(66)96(56)78)129(90)107(81)86/h1-42,47-52H,43-46H2/q+8. The summed E-state index contributed by atoms with van der Waals surface area (Å²) in [7, 11) is 0. The fraction of sp³-hybridized carbons (Fsp3) is 0.0714. The molecule has 0 saturated carbocycles. The Morgan fingerprint density at radius 1 is 0.200 bits per heavy atom. The minimum Gasteiger partial charge on any atom is -0.264 e. The number of rotatable bonds is 0. The molecule has 0 fully saturated rings. The smallest absolute Gasteiger partial charge is 0.264 e. The third-order valence-corrected chi connectivity index (χ3v) is 34.7. The maximum absolute atomic E-state index is 4.93. The van der Waals surface area contributed by atoms with Crippen LogP contribution in [0.1, 0.15) is 45.6 Å². The summed E-state index contributed by atoms with van der Waals surface area (Å²) >= 11 is 0. The van der Waals surface area contributed by atoms with E-state index < -0.39 is 23.6 Å². The van der Waals surface area contributed by atoms with E-state index in [1.807, 2.05) is 12.4 Å². The number of para-hydroxylation sites is 8. The van der Waals surface area contributed by atoms with Gasteiger partial charge in [0.25, 0.3) is 34.2 Å². The molecule has 0 amide bonds. The molecule has 15 aliphatic heterocycles. The lowest BCUT2D eigenvalue weighted by molar-refractivity contribution is -1.000. The lowest BCUT2D eigenvalue weighted by Gasteiger charge is -2.39. The molecule has 0 saturated heterocycles. The summed E-state index contributed by atoms with van der Waals surface area (Å²) in [4.78, 5) is 9.86. The largest absolute Gasteiger partial charge is 0.553 e. The van der Waals surface area contributed by atoms with Gasteiger partial charge in [-0.15, -0.1) is 0 Å². The van der Waals surface area contributed by atoms with Crippen molar-refractivity contribution in [2.45, 2.75) is 49.3 Å². The minimum absolute atomic E-state index is 0.759. The van der Waals surface area contributed by atoms with Gasteiger partial charge in [0, 0.05) is 198 Å². The maximum Gasteiger partial charge on any atom is 0.553 e. The molecular formula is C112H56N18+8. The van der Waals surface area contributed by atoms with Crippen molar-refractivity contribution in [3.05, 3.63) is 338 Å². The third kappa shape index (κ3) is 5.29. The first kappa shape index (κ1) is 60.5. The third-order valence-electron chi connectivity index (χ3n) is 34.7. The molecule has 26 aromatic rings. The summed E-state index contributed by atoms with van der Waals surface area (Å²) in [5.74, 6) is -3.90. The Kier molecular flexibility index (Phi) is 8.34. The Labute approximate surface area is 730 Å². The summed E-state index contributed by atoms with van der Waals surface area (Å²) in [5.41, 5.74) is 47.1. The topological polar surface area (TPSA) is 96.3 Å². The first-order valence-corrected chi connectivity index (χ1v) is 45.8. The monoisotopic (exact) mass is 1650 g/mol. The van der Waals surface area contributed by atoms with Crippen LogP contribution in [0.15, 0.2) is 292 Å². The highest BCUT2D eigenvalue weighted by atomic mass is 15.7. The number of hydrogen-bond acceptors (Lipinski definition) is 2. The van der Waals surface area contributed by atoms with Crippen LogP contribution in [0.3, 0.4) is 0 Å². The van der Waals surface area contributed by atoms with Gasteiger partial charge in [0.1, 0.15) is 0 Å². The van der Waals surface area contributed by atoms with Gasteiger partial charge in [-0.1, -0.05) is 134 Å². The van der Waals surface area contributed by atoms with Crippen LogP contribution in [0.2, 0.25) is 0 Å². The maximum atomic E-state index is 4.93. The Morgan fingerprint density at radius 3 is 0.692 bits per heavy atom. The second-order valence-corrected chi connectivity index (χ2v) is 39.6. The lowest BCUT2D eigenvalue weighted by atomic mass is 9.92. The van der Waals surface area contributed by atoms with Gasteiger partial charge in [0.2, 0.25) is 45.6 Å². The predicted molar refractivity (Wildman–Crippen MR) is 489 cm³/mol. The molecule has 41 rings (SSSR count). The number of fused-ring (bicyclic) bond motifs is 26. The van der Waals surface area contributed by atoms with Crippen LogP contribution >= 0.6 is 0 Å². The zero-order valence-electron chi connectivity index (χ0n) is 68.6. The van der Waals surface area contributed by atoms with Crippen LogP contribution in [0.5, 0.6) is 0 Å². The highest BCUT2D eigenvalue weighted by molar-refractivity contribution is 6.17. The van der Waals surface area contributed by atoms with Crippen LogP contribution in [-0.4, -0.2) is 46.5 Å². The minimum atomic E-state index is -1.11. The second-order valence-electron chi connectivity index (χ2n) is 39.6. The zero-order chi connectivity index (χ0) is 81.8. The van der Waals surface area contributed by atoms with Crippen molar-refractivity contribution < 1.29 is 36.5 Å². The fourth-order valence-corrected chi connectivity index (χ4v) is 31.2. The Balaban J connectivity index is 0.659. The van der Waals surface area contributed by atoms with Gasteiger partial charge in [0.15, 0.2) is 12.4 Å². The Hall–Kier alpha value is -17.1. The second kappa shape index (κ2) is 17.9. The van der Waals surface area contributed by atoms with Crippen molar-refractivity contribution in [2.24, 2.45) is 0 Å². The van der Waals surface area contributed by atoms with Gasteiger partial charge in [-0.05, 0) is 109 Å². The Bertz CT molecular complexity index is 10900. The van der Waals surface area contributed by atoms with E-state index in [0.29, 0.717) is 0 Å². The van der Waals surface area contributed by atoms with Crippen LogP contribution in [-0.2, 0) is 49.3 Å². The molecule has 33 heterocycles. The molecule has 4 atom stereocenters. The van der Waals surface area contributed by atoms with Gasteiger partial charge in [-0.2, -0.15) is 0 Å². The van der Waals surface area contributed by atoms with E-state index in [1.165, 1.54) is 294 Å².